The molecule has 1 amide bonds. The molecule has 0 saturated carbocycles. The summed E-state index contributed by atoms with van der Waals surface area (Å²) in [6.45, 7) is 3.25. The first-order chi connectivity index (χ1) is 9.49. The Morgan fingerprint density at radius 1 is 1.40 bits per heavy atom. The maximum atomic E-state index is 12.1. The summed E-state index contributed by atoms with van der Waals surface area (Å²) < 4.78 is 0. The van der Waals surface area contributed by atoms with Crippen molar-refractivity contribution in [1.29, 1.82) is 0 Å². The van der Waals surface area contributed by atoms with Crippen LogP contribution in [0.3, 0.4) is 0 Å². The lowest BCUT2D eigenvalue weighted by Gasteiger charge is -2.29. The number of thioether (sulfide) groups is 1. The van der Waals surface area contributed by atoms with E-state index >= 15 is 0 Å². The van der Waals surface area contributed by atoms with E-state index in [4.69, 9.17) is 0 Å². The average Bonchev–Trinajstić information content (AvgIpc) is 2.40. The third-order valence-electron chi connectivity index (χ3n) is 3.30. The van der Waals surface area contributed by atoms with Gasteiger partial charge in [-0.05, 0) is 52.2 Å². The van der Waals surface area contributed by atoms with Gasteiger partial charge in [-0.3, -0.25) is 9.59 Å². The Kier molecular flexibility index (Phi) is 4.83. The van der Waals surface area contributed by atoms with Crippen LogP contribution in [0.5, 0.6) is 0 Å². The minimum absolute atomic E-state index is 0.0597. The molecule has 2 rings (SSSR count). The van der Waals surface area contributed by atoms with Gasteiger partial charge in [0.1, 0.15) is 0 Å². The zero-order valence-electron chi connectivity index (χ0n) is 12.2. The quantitative estimate of drug-likeness (QED) is 0.781. The van der Waals surface area contributed by atoms with Gasteiger partial charge >= 0.3 is 0 Å². The van der Waals surface area contributed by atoms with Gasteiger partial charge in [-0.15, -0.1) is 11.8 Å². The minimum Gasteiger partial charge on any atom is -0.311 e. The third-order valence-corrected chi connectivity index (χ3v) is 4.33. The number of carbonyl (C=O) groups is 2. The lowest BCUT2D eigenvalue weighted by atomic mass is 10.1. The summed E-state index contributed by atoms with van der Waals surface area (Å²) in [7, 11) is 4.06. The van der Waals surface area contributed by atoms with Gasteiger partial charge in [0.05, 0.1) is 11.4 Å². The monoisotopic (exact) mass is 292 g/mol. The number of fused-ring (bicyclic) bond motifs is 1. The zero-order valence-corrected chi connectivity index (χ0v) is 13.0. The van der Waals surface area contributed by atoms with E-state index in [2.05, 4.69) is 4.90 Å². The van der Waals surface area contributed by atoms with Crippen molar-refractivity contribution in [2.75, 3.05) is 37.8 Å². The van der Waals surface area contributed by atoms with Gasteiger partial charge in [0.25, 0.3) is 0 Å². The summed E-state index contributed by atoms with van der Waals surface area (Å²) in [6.07, 6.45) is 0.942. The molecule has 20 heavy (non-hydrogen) atoms. The van der Waals surface area contributed by atoms with Crippen LogP contribution in [0, 0.1) is 0 Å². The van der Waals surface area contributed by atoms with E-state index in [-0.39, 0.29) is 11.7 Å². The van der Waals surface area contributed by atoms with Crippen LogP contribution in [-0.2, 0) is 4.79 Å². The van der Waals surface area contributed by atoms with Crippen LogP contribution < -0.4 is 4.90 Å². The van der Waals surface area contributed by atoms with Crippen LogP contribution in [0.1, 0.15) is 23.7 Å². The zero-order chi connectivity index (χ0) is 14.7. The predicted octanol–water partition coefficient (Wildman–Crippen LogP) is 2.28. The summed E-state index contributed by atoms with van der Waals surface area (Å²) in [4.78, 5) is 28.5. The van der Waals surface area contributed by atoms with Gasteiger partial charge in [-0.25, -0.2) is 0 Å². The Morgan fingerprint density at radius 2 is 2.15 bits per heavy atom. The highest BCUT2D eigenvalue weighted by Gasteiger charge is 2.24. The van der Waals surface area contributed by atoms with Crippen LogP contribution in [0.2, 0.25) is 0 Å². The fraction of sp³-hybridized carbons (Fsp3) is 0.467. The highest BCUT2D eigenvalue weighted by atomic mass is 32.2. The first-order valence-electron chi connectivity index (χ1n) is 6.72. The minimum atomic E-state index is 0.0597. The molecule has 0 saturated heterocycles. The molecule has 0 aromatic heterocycles. The fourth-order valence-electron chi connectivity index (χ4n) is 2.21. The first-order valence-corrected chi connectivity index (χ1v) is 7.70. The normalized spacial score (nSPS) is 14.6. The first kappa shape index (κ1) is 15.1. The average molecular weight is 292 g/mol. The Labute approximate surface area is 124 Å². The molecule has 0 unspecified atom stereocenters. The van der Waals surface area contributed by atoms with Crippen molar-refractivity contribution in [3.63, 3.8) is 0 Å². The lowest BCUT2D eigenvalue weighted by molar-refractivity contribution is -0.116. The second kappa shape index (κ2) is 6.41. The summed E-state index contributed by atoms with van der Waals surface area (Å²) >= 11 is 1.52. The van der Waals surface area contributed by atoms with E-state index < -0.39 is 0 Å². The molecular formula is C15H20N2O2S. The van der Waals surface area contributed by atoms with Crippen LogP contribution in [-0.4, -0.2) is 49.5 Å². The molecule has 5 heteroatoms. The van der Waals surface area contributed by atoms with Gasteiger partial charge in [0.15, 0.2) is 5.78 Å². The van der Waals surface area contributed by atoms with Crippen molar-refractivity contribution >= 4 is 29.1 Å². The second-order valence-corrected chi connectivity index (χ2v) is 6.25. The highest BCUT2D eigenvalue weighted by molar-refractivity contribution is 8.00. The van der Waals surface area contributed by atoms with Crippen molar-refractivity contribution in [1.82, 2.24) is 4.90 Å². The molecule has 0 atom stereocenters. The number of nitrogens with zero attached hydrogens (tertiary/aromatic N) is 2. The van der Waals surface area contributed by atoms with E-state index in [9.17, 15) is 9.59 Å². The number of carbonyl (C=O) groups excluding carboxylic acids is 2. The van der Waals surface area contributed by atoms with E-state index in [1.54, 1.807) is 13.0 Å². The number of benzene rings is 1. The number of Topliss-reactive ketones (excluding diaryl/α,β-unsaturated/α-hetero) is 1. The van der Waals surface area contributed by atoms with E-state index in [0.29, 0.717) is 11.3 Å². The van der Waals surface area contributed by atoms with Crippen molar-refractivity contribution < 1.29 is 9.59 Å². The van der Waals surface area contributed by atoms with Crippen molar-refractivity contribution in [3.05, 3.63) is 23.8 Å². The Morgan fingerprint density at radius 3 is 2.80 bits per heavy atom. The fourth-order valence-corrected chi connectivity index (χ4v) is 3.18. The molecule has 0 radical (unpaired) electrons. The molecule has 0 N–H and O–H groups in total. The molecule has 1 aromatic carbocycles. The van der Waals surface area contributed by atoms with Crippen LogP contribution in [0.25, 0.3) is 0 Å². The molecule has 0 fully saturated rings. The topological polar surface area (TPSA) is 40.6 Å². The molecule has 1 heterocycles. The maximum Gasteiger partial charge on any atom is 0.237 e. The molecule has 108 valence electrons. The Balaban J connectivity index is 2.18. The maximum absolute atomic E-state index is 12.1. The standard InChI is InChI=1S/C15H20N2O2S/c1-11(18)12-5-6-13-14(9-12)20-10-15(19)17(13)8-4-7-16(2)3/h5-6,9H,4,7-8,10H2,1-3H3. The SMILES string of the molecule is CC(=O)c1ccc2c(c1)SCC(=O)N2CCCN(C)C. The van der Waals surface area contributed by atoms with Crippen molar-refractivity contribution in [2.24, 2.45) is 0 Å². The second-order valence-electron chi connectivity index (χ2n) is 5.23. The molecule has 1 aliphatic rings. The van der Waals surface area contributed by atoms with Crippen LogP contribution >= 0.6 is 11.8 Å². The molecule has 1 aliphatic heterocycles. The van der Waals surface area contributed by atoms with Gasteiger partial charge in [-0.2, -0.15) is 0 Å². The number of amides is 1. The summed E-state index contributed by atoms with van der Waals surface area (Å²) in [5.41, 5.74) is 1.65. The number of hydrogen-bond donors (Lipinski definition) is 0. The van der Waals surface area contributed by atoms with Crippen molar-refractivity contribution in [3.8, 4) is 0 Å². The molecule has 0 spiro atoms. The van der Waals surface area contributed by atoms with Gasteiger partial charge < -0.3 is 9.80 Å². The summed E-state index contributed by atoms with van der Waals surface area (Å²) in [6, 6.07) is 5.60. The number of rotatable bonds is 5. The summed E-state index contributed by atoms with van der Waals surface area (Å²) in [5.74, 6) is 0.664. The number of ketones is 1. The third kappa shape index (κ3) is 3.41. The number of anilines is 1. The van der Waals surface area contributed by atoms with Crippen LogP contribution in [0.4, 0.5) is 5.69 Å². The van der Waals surface area contributed by atoms with E-state index in [1.165, 1.54) is 11.8 Å². The predicted molar refractivity (Wildman–Crippen MR) is 82.7 cm³/mol. The van der Waals surface area contributed by atoms with Gasteiger partial charge in [0, 0.05) is 17.0 Å². The molecular weight excluding hydrogens is 272 g/mol. The van der Waals surface area contributed by atoms with Gasteiger partial charge in [0.2, 0.25) is 5.91 Å². The molecule has 0 bridgehead atoms. The Hall–Kier alpha value is -1.33. The van der Waals surface area contributed by atoms with E-state index in [0.717, 1.165) is 30.1 Å². The Bertz CT molecular complexity index is 529. The lowest BCUT2D eigenvalue weighted by Crippen LogP contribution is -2.37. The summed E-state index contributed by atoms with van der Waals surface area (Å²) in [5, 5.41) is 0. The molecule has 4 nitrogen and oxygen atoms in total. The smallest absolute Gasteiger partial charge is 0.237 e. The number of hydrogen-bond acceptors (Lipinski definition) is 4. The molecule has 1 aromatic rings. The van der Waals surface area contributed by atoms with Crippen LogP contribution in [0.15, 0.2) is 23.1 Å². The molecule has 0 aliphatic carbocycles. The van der Waals surface area contributed by atoms with Gasteiger partial charge in [-0.1, -0.05) is 0 Å². The van der Waals surface area contributed by atoms with Crippen molar-refractivity contribution in [2.45, 2.75) is 18.2 Å². The largest absolute Gasteiger partial charge is 0.311 e. The highest BCUT2D eigenvalue weighted by Crippen LogP contribution is 2.36. The van der Waals surface area contributed by atoms with E-state index in [1.807, 2.05) is 31.1 Å².